The second-order valence-electron chi connectivity index (χ2n) is 8.16. The van der Waals surface area contributed by atoms with Crippen LogP contribution in [-0.2, 0) is 14.3 Å². The summed E-state index contributed by atoms with van der Waals surface area (Å²) in [5.41, 5.74) is 2.84. The molecule has 7 heteroatoms. The highest BCUT2D eigenvalue weighted by molar-refractivity contribution is 5.93. The highest BCUT2D eigenvalue weighted by Gasteiger charge is 2.16. The minimum Gasteiger partial charge on any atom is -0.482 e. The third-order valence-corrected chi connectivity index (χ3v) is 5.59. The number of hydrogen-bond donors (Lipinski definition) is 1. The van der Waals surface area contributed by atoms with Gasteiger partial charge in [-0.05, 0) is 48.4 Å². The van der Waals surface area contributed by atoms with Gasteiger partial charge >= 0.3 is 5.97 Å². The van der Waals surface area contributed by atoms with Gasteiger partial charge in [-0.15, -0.1) is 0 Å². The SMILES string of the molecule is CCN1CCN(c2ccc(NC(=O)COC(=O)COc3ccccc3C(C)C)cc2)CC1. The van der Waals surface area contributed by atoms with Crippen LogP contribution < -0.4 is 15.0 Å². The molecule has 1 aliphatic rings. The Kier molecular flexibility index (Phi) is 8.50. The van der Waals surface area contributed by atoms with E-state index >= 15 is 0 Å². The van der Waals surface area contributed by atoms with Crippen molar-refractivity contribution >= 4 is 23.3 Å². The van der Waals surface area contributed by atoms with E-state index < -0.39 is 5.97 Å². The molecule has 0 bridgehead atoms. The van der Waals surface area contributed by atoms with E-state index in [0.717, 1.165) is 44.0 Å². The summed E-state index contributed by atoms with van der Waals surface area (Å²) in [7, 11) is 0. The molecule has 2 aromatic rings. The molecule has 0 radical (unpaired) electrons. The molecule has 1 N–H and O–H groups in total. The zero-order chi connectivity index (χ0) is 22.9. The van der Waals surface area contributed by atoms with Crippen LogP contribution in [0.1, 0.15) is 32.3 Å². The van der Waals surface area contributed by atoms with E-state index in [0.29, 0.717) is 11.4 Å². The van der Waals surface area contributed by atoms with Crippen molar-refractivity contribution in [2.45, 2.75) is 26.7 Å². The molecule has 0 atom stereocenters. The maximum atomic E-state index is 12.1. The summed E-state index contributed by atoms with van der Waals surface area (Å²) in [4.78, 5) is 28.9. The number of para-hydroxylation sites is 1. The van der Waals surface area contributed by atoms with E-state index in [1.165, 1.54) is 0 Å². The maximum absolute atomic E-state index is 12.1. The Morgan fingerprint density at radius 1 is 0.969 bits per heavy atom. The summed E-state index contributed by atoms with van der Waals surface area (Å²) in [6, 6.07) is 15.3. The molecule has 2 aromatic carbocycles. The largest absolute Gasteiger partial charge is 0.482 e. The molecule has 1 amide bonds. The molecular formula is C25H33N3O4. The molecule has 1 heterocycles. The molecule has 0 saturated carbocycles. The first-order valence-electron chi connectivity index (χ1n) is 11.2. The van der Waals surface area contributed by atoms with Crippen molar-refractivity contribution in [3.63, 3.8) is 0 Å². The lowest BCUT2D eigenvalue weighted by molar-refractivity contribution is -0.149. The summed E-state index contributed by atoms with van der Waals surface area (Å²) >= 11 is 0. The average molecular weight is 440 g/mol. The van der Waals surface area contributed by atoms with Gasteiger partial charge in [-0.3, -0.25) is 4.79 Å². The lowest BCUT2D eigenvalue weighted by Gasteiger charge is -2.35. The third-order valence-electron chi connectivity index (χ3n) is 5.59. The summed E-state index contributed by atoms with van der Waals surface area (Å²) in [6.07, 6.45) is 0. The van der Waals surface area contributed by atoms with Gasteiger partial charge < -0.3 is 24.6 Å². The summed E-state index contributed by atoms with van der Waals surface area (Å²) < 4.78 is 10.6. The van der Waals surface area contributed by atoms with Gasteiger partial charge in [0.25, 0.3) is 5.91 Å². The molecule has 1 aliphatic heterocycles. The van der Waals surface area contributed by atoms with Gasteiger partial charge in [-0.1, -0.05) is 39.0 Å². The molecule has 32 heavy (non-hydrogen) atoms. The number of piperazine rings is 1. The van der Waals surface area contributed by atoms with Gasteiger partial charge in [0.2, 0.25) is 0 Å². The zero-order valence-corrected chi connectivity index (χ0v) is 19.2. The number of rotatable bonds is 9. The minimum absolute atomic E-state index is 0.239. The monoisotopic (exact) mass is 439 g/mol. The van der Waals surface area contributed by atoms with Crippen LogP contribution >= 0.6 is 0 Å². The quantitative estimate of drug-likeness (QED) is 0.603. The predicted octanol–water partition coefficient (Wildman–Crippen LogP) is 3.51. The minimum atomic E-state index is -0.583. The van der Waals surface area contributed by atoms with Gasteiger partial charge in [-0.25, -0.2) is 4.79 Å². The number of carbonyl (C=O) groups excluding carboxylic acids is 2. The fraction of sp³-hybridized carbons (Fsp3) is 0.440. The van der Waals surface area contributed by atoms with Crippen LogP contribution in [0.3, 0.4) is 0 Å². The smallest absolute Gasteiger partial charge is 0.344 e. The van der Waals surface area contributed by atoms with Crippen molar-refractivity contribution in [2.24, 2.45) is 0 Å². The van der Waals surface area contributed by atoms with Gasteiger partial charge in [0.05, 0.1) is 0 Å². The fourth-order valence-electron chi connectivity index (χ4n) is 3.69. The van der Waals surface area contributed by atoms with Gasteiger partial charge in [0.1, 0.15) is 5.75 Å². The van der Waals surface area contributed by atoms with E-state index in [1.54, 1.807) is 0 Å². The predicted molar refractivity (Wildman–Crippen MR) is 126 cm³/mol. The molecule has 1 fully saturated rings. The van der Waals surface area contributed by atoms with Crippen LogP contribution in [0.4, 0.5) is 11.4 Å². The number of carbonyl (C=O) groups is 2. The highest BCUT2D eigenvalue weighted by Crippen LogP contribution is 2.25. The molecule has 7 nitrogen and oxygen atoms in total. The molecule has 0 unspecified atom stereocenters. The normalized spacial score (nSPS) is 14.3. The number of hydrogen-bond acceptors (Lipinski definition) is 6. The number of benzene rings is 2. The van der Waals surface area contributed by atoms with Gasteiger partial charge in [0, 0.05) is 37.6 Å². The number of nitrogens with zero attached hydrogens (tertiary/aromatic N) is 2. The molecule has 1 saturated heterocycles. The van der Waals surface area contributed by atoms with E-state index in [4.69, 9.17) is 9.47 Å². The molecular weight excluding hydrogens is 406 g/mol. The van der Waals surface area contributed by atoms with Crippen LogP contribution in [0.5, 0.6) is 5.75 Å². The molecule has 3 rings (SSSR count). The number of nitrogens with one attached hydrogen (secondary N) is 1. The third kappa shape index (κ3) is 6.72. The second-order valence-corrected chi connectivity index (χ2v) is 8.16. The molecule has 172 valence electrons. The van der Waals surface area contributed by atoms with Gasteiger partial charge in [-0.2, -0.15) is 0 Å². The number of esters is 1. The van der Waals surface area contributed by atoms with Gasteiger partial charge in [0.15, 0.2) is 13.2 Å². The van der Waals surface area contributed by atoms with Crippen molar-refractivity contribution in [3.8, 4) is 5.75 Å². The van der Waals surface area contributed by atoms with E-state index in [9.17, 15) is 9.59 Å². The molecule has 0 spiro atoms. The number of ether oxygens (including phenoxy) is 2. The Bertz CT molecular complexity index is 890. The molecule has 0 aromatic heterocycles. The summed E-state index contributed by atoms with van der Waals surface area (Å²) in [5.74, 6) is -0.0362. The summed E-state index contributed by atoms with van der Waals surface area (Å²) in [5, 5.41) is 2.76. The van der Waals surface area contributed by atoms with Crippen molar-refractivity contribution < 1.29 is 19.1 Å². The maximum Gasteiger partial charge on any atom is 0.344 e. The average Bonchev–Trinajstić information content (AvgIpc) is 2.82. The first-order chi connectivity index (χ1) is 15.5. The second kappa shape index (κ2) is 11.5. The lowest BCUT2D eigenvalue weighted by atomic mass is 10.0. The topological polar surface area (TPSA) is 71.1 Å². The lowest BCUT2D eigenvalue weighted by Crippen LogP contribution is -2.46. The first-order valence-corrected chi connectivity index (χ1v) is 11.2. The standard InChI is InChI=1S/C25H33N3O4/c1-4-27-13-15-28(16-14-27)21-11-9-20(10-12-21)26-24(29)17-32-25(30)18-31-23-8-6-5-7-22(23)19(2)3/h5-12,19H,4,13-18H2,1-3H3,(H,26,29). The number of anilines is 2. The Hall–Kier alpha value is -3.06. The van der Waals surface area contributed by atoms with E-state index in [-0.39, 0.29) is 25.0 Å². The number of likely N-dealkylation sites (N-methyl/N-ethyl adjacent to an activating group) is 1. The van der Waals surface area contributed by atoms with E-state index in [2.05, 4.69) is 35.9 Å². The van der Waals surface area contributed by atoms with Crippen molar-refractivity contribution in [3.05, 3.63) is 54.1 Å². The van der Waals surface area contributed by atoms with Crippen molar-refractivity contribution in [1.29, 1.82) is 0 Å². The van der Waals surface area contributed by atoms with Crippen LogP contribution in [-0.4, -0.2) is 62.7 Å². The first kappa shape index (κ1) is 23.6. The Labute approximate surface area is 190 Å². The van der Waals surface area contributed by atoms with Crippen LogP contribution in [0.25, 0.3) is 0 Å². The summed E-state index contributed by atoms with van der Waals surface area (Å²) in [6.45, 7) is 10.9. The van der Waals surface area contributed by atoms with Crippen molar-refractivity contribution in [2.75, 3.05) is 56.2 Å². The van der Waals surface area contributed by atoms with Crippen molar-refractivity contribution in [1.82, 2.24) is 4.90 Å². The number of amides is 1. The van der Waals surface area contributed by atoms with Crippen LogP contribution in [0, 0.1) is 0 Å². The van der Waals surface area contributed by atoms with Crippen LogP contribution in [0.15, 0.2) is 48.5 Å². The van der Waals surface area contributed by atoms with E-state index in [1.807, 2.05) is 48.5 Å². The fourth-order valence-corrected chi connectivity index (χ4v) is 3.69. The Balaban J connectivity index is 1.40. The zero-order valence-electron chi connectivity index (χ0n) is 19.2. The van der Waals surface area contributed by atoms with Crippen LogP contribution in [0.2, 0.25) is 0 Å². The Morgan fingerprint density at radius 3 is 2.31 bits per heavy atom. The Morgan fingerprint density at radius 2 is 1.66 bits per heavy atom. The molecule has 0 aliphatic carbocycles. The highest BCUT2D eigenvalue weighted by atomic mass is 16.6.